The zero-order chi connectivity index (χ0) is 14.5. The smallest absolute Gasteiger partial charge is 0.234 e. The summed E-state index contributed by atoms with van der Waals surface area (Å²) in [5.74, 6) is -1.29. The van der Waals surface area contributed by atoms with Crippen molar-refractivity contribution in [1.29, 1.82) is 0 Å². The highest BCUT2D eigenvalue weighted by atomic mass is 32.2. The summed E-state index contributed by atoms with van der Waals surface area (Å²) in [4.78, 5) is 11.8. The second-order valence-electron chi connectivity index (χ2n) is 4.28. The van der Waals surface area contributed by atoms with Crippen LogP contribution in [0.15, 0.2) is 47.4 Å². The first kappa shape index (κ1) is 14.5. The fourth-order valence-electron chi connectivity index (χ4n) is 1.57. The number of benzene rings is 2. The highest BCUT2D eigenvalue weighted by Gasteiger charge is 2.08. The second kappa shape index (κ2) is 6.52. The van der Waals surface area contributed by atoms with E-state index in [0.29, 0.717) is 5.69 Å². The Morgan fingerprint density at radius 1 is 1.15 bits per heavy atom. The van der Waals surface area contributed by atoms with E-state index in [-0.39, 0.29) is 16.6 Å². The molecule has 0 aromatic heterocycles. The molecule has 0 radical (unpaired) electrons. The number of carbonyl (C=O) groups excluding carboxylic acids is 1. The number of carbonyl (C=O) groups is 1. The molecule has 0 atom stereocenters. The number of nitrogens with one attached hydrogen (secondary N) is 1. The number of hydrogen-bond donors (Lipinski definition) is 1. The highest BCUT2D eigenvalue weighted by molar-refractivity contribution is 8.00. The molecule has 104 valence electrons. The van der Waals surface area contributed by atoms with Crippen LogP contribution in [0.4, 0.5) is 14.5 Å². The first-order valence-electron chi connectivity index (χ1n) is 5.99. The van der Waals surface area contributed by atoms with Crippen LogP contribution in [-0.2, 0) is 4.79 Å². The quantitative estimate of drug-likeness (QED) is 0.863. The zero-order valence-corrected chi connectivity index (χ0v) is 11.6. The van der Waals surface area contributed by atoms with Crippen LogP contribution < -0.4 is 5.32 Å². The molecule has 5 heteroatoms. The van der Waals surface area contributed by atoms with Gasteiger partial charge in [0.15, 0.2) is 0 Å². The van der Waals surface area contributed by atoms with E-state index in [2.05, 4.69) is 5.32 Å². The van der Waals surface area contributed by atoms with E-state index in [1.807, 2.05) is 19.1 Å². The molecule has 2 aromatic carbocycles. The molecule has 0 spiro atoms. The third-order valence-corrected chi connectivity index (χ3v) is 3.62. The molecule has 2 nitrogen and oxygen atoms in total. The van der Waals surface area contributed by atoms with Gasteiger partial charge in [-0.25, -0.2) is 8.78 Å². The average molecular weight is 293 g/mol. The van der Waals surface area contributed by atoms with Gasteiger partial charge in [-0.2, -0.15) is 0 Å². The summed E-state index contributed by atoms with van der Waals surface area (Å²) in [7, 11) is 0. The lowest BCUT2D eigenvalue weighted by Crippen LogP contribution is -2.14. The number of thioether (sulfide) groups is 1. The van der Waals surface area contributed by atoms with Gasteiger partial charge in [0.1, 0.15) is 11.6 Å². The standard InChI is InChI=1S/C15H13F2NOS/c1-10-2-5-12(6-3-10)18-15(19)9-20-14-8-11(16)4-7-13(14)17/h2-8H,9H2,1H3,(H,18,19). The van der Waals surface area contributed by atoms with E-state index < -0.39 is 11.6 Å². The van der Waals surface area contributed by atoms with Crippen molar-refractivity contribution in [2.45, 2.75) is 11.8 Å². The maximum Gasteiger partial charge on any atom is 0.234 e. The van der Waals surface area contributed by atoms with Crippen molar-refractivity contribution in [3.05, 3.63) is 59.7 Å². The number of amides is 1. The molecule has 1 N–H and O–H groups in total. The third kappa shape index (κ3) is 4.06. The molecule has 0 aliphatic rings. The van der Waals surface area contributed by atoms with E-state index in [0.717, 1.165) is 35.5 Å². The Morgan fingerprint density at radius 2 is 1.85 bits per heavy atom. The van der Waals surface area contributed by atoms with Gasteiger partial charge in [-0.3, -0.25) is 4.79 Å². The second-order valence-corrected chi connectivity index (χ2v) is 5.29. The number of halogens is 2. The minimum Gasteiger partial charge on any atom is -0.325 e. The zero-order valence-electron chi connectivity index (χ0n) is 10.8. The normalized spacial score (nSPS) is 10.3. The van der Waals surface area contributed by atoms with Crippen LogP contribution in [0.25, 0.3) is 0 Å². The van der Waals surface area contributed by atoms with Crippen molar-refractivity contribution in [3.63, 3.8) is 0 Å². The number of anilines is 1. The van der Waals surface area contributed by atoms with Crippen LogP contribution in [0, 0.1) is 18.6 Å². The van der Waals surface area contributed by atoms with Gasteiger partial charge >= 0.3 is 0 Å². The Bertz CT molecular complexity index is 614. The van der Waals surface area contributed by atoms with Gasteiger partial charge in [0.25, 0.3) is 0 Å². The molecule has 20 heavy (non-hydrogen) atoms. The first-order valence-corrected chi connectivity index (χ1v) is 6.97. The van der Waals surface area contributed by atoms with E-state index in [4.69, 9.17) is 0 Å². The topological polar surface area (TPSA) is 29.1 Å². The molecule has 0 fully saturated rings. The fraction of sp³-hybridized carbons (Fsp3) is 0.133. The highest BCUT2D eigenvalue weighted by Crippen LogP contribution is 2.22. The van der Waals surface area contributed by atoms with Crippen molar-refractivity contribution in [2.24, 2.45) is 0 Å². The van der Waals surface area contributed by atoms with Gasteiger partial charge in [0.2, 0.25) is 5.91 Å². The molecule has 0 aliphatic heterocycles. The van der Waals surface area contributed by atoms with Crippen molar-refractivity contribution in [3.8, 4) is 0 Å². The predicted molar refractivity (Wildman–Crippen MR) is 76.9 cm³/mol. The molecule has 0 unspecified atom stereocenters. The van der Waals surface area contributed by atoms with Gasteiger partial charge in [-0.05, 0) is 37.3 Å². The number of hydrogen-bond acceptors (Lipinski definition) is 2. The molecule has 0 bridgehead atoms. The summed E-state index contributed by atoms with van der Waals surface area (Å²) in [6, 6.07) is 10.5. The molecule has 2 aromatic rings. The fourth-order valence-corrected chi connectivity index (χ4v) is 2.33. The lowest BCUT2D eigenvalue weighted by molar-refractivity contribution is -0.113. The molecule has 0 saturated heterocycles. The molecule has 0 heterocycles. The van der Waals surface area contributed by atoms with Gasteiger partial charge in [0.05, 0.1) is 5.75 Å². The Kier molecular flexibility index (Phi) is 4.74. The Morgan fingerprint density at radius 3 is 2.55 bits per heavy atom. The van der Waals surface area contributed by atoms with E-state index in [9.17, 15) is 13.6 Å². The van der Waals surface area contributed by atoms with Crippen molar-refractivity contribution >= 4 is 23.4 Å². The average Bonchev–Trinajstić information content (AvgIpc) is 2.42. The predicted octanol–water partition coefficient (Wildman–Crippen LogP) is 4.00. The van der Waals surface area contributed by atoms with Crippen LogP contribution in [-0.4, -0.2) is 11.7 Å². The molecular formula is C15H13F2NOS. The number of aryl methyl sites for hydroxylation is 1. The van der Waals surface area contributed by atoms with Gasteiger partial charge in [-0.1, -0.05) is 17.7 Å². The Labute approximate surface area is 120 Å². The van der Waals surface area contributed by atoms with Crippen LogP contribution in [0.5, 0.6) is 0 Å². The monoisotopic (exact) mass is 293 g/mol. The molecule has 1 amide bonds. The first-order chi connectivity index (χ1) is 9.54. The summed E-state index contributed by atoms with van der Waals surface area (Å²) in [5.41, 5.74) is 1.78. The Balaban J connectivity index is 1.92. The van der Waals surface area contributed by atoms with Crippen LogP contribution in [0.1, 0.15) is 5.56 Å². The molecular weight excluding hydrogens is 280 g/mol. The SMILES string of the molecule is Cc1ccc(NC(=O)CSc2cc(F)ccc2F)cc1. The van der Waals surface area contributed by atoms with Gasteiger partial charge in [-0.15, -0.1) is 11.8 Å². The molecule has 0 saturated carbocycles. The molecule has 2 rings (SSSR count). The third-order valence-electron chi connectivity index (χ3n) is 2.59. The maximum atomic E-state index is 13.4. The van der Waals surface area contributed by atoms with E-state index >= 15 is 0 Å². The van der Waals surface area contributed by atoms with Crippen molar-refractivity contribution in [1.82, 2.24) is 0 Å². The summed E-state index contributed by atoms with van der Waals surface area (Å²) in [5, 5.41) is 2.70. The van der Waals surface area contributed by atoms with Crippen LogP contribution in [0.2, 0.25) is 0 Å². The van der Waals surface area contributed by atoms with Crippen molar-refractivity contribution in [2.75, 3.05) is 11.1 Å². The largest absolute Gasteiger partial charge is 0.325 e. The van der Waals surface area contributed by atoms with E-state index in [1.54, 1.807) is 12.1 Å². The minimum absolute atomic E-state index is 0.0221. The van der Waals surface area contributed by atoms with Crippen molar-refractivity contribution < 1.29 is 13.6 Å². The maximum absolute atomic E-state index is 13.4. The summed E-state index contributed by atoms with van der Waals surface area (Å²) in [6.45, 7) is 1.95. The van der Waals surface area contributed by atoms with Gasteiger partial charge in [0, 0.05) is 10.6 Å². The summed E-state index contributed by atoms with van der Waals surface area (Å²) >= 11 is 0.965. The molecule has 0 aliphatic carbocycles. The number of rotatable bonds is 4. The minimum atomic E-state index is -0.528. The van der Waals surface area contributed by atoms with Crippen LogP contribution in [0.3, 0.4) is 0 Å². The summed E-state index contributed by atoms with van der Waals surface area (Å²) < 4.78 is 26.3. The lowest BCUT2D eigenvalue weighted by atomic mass is 10.2. The van der Waals surface area contributed by atoms with E-state index in [1.165, 1.54) is 0 Å². The Hall–Kier alpha value is -1.88. The summed E-state index contributed by atoms with van der Waals surface area (Å²) in [6.07, 6.45) is 0. The lowest BCUT2D eigenvalue weighted by Gasteiger charge is -2.06. The van der Waals surface area contributed by atoms with Crippen LogP contribution >= 0.6 is 11.8 Å². The van der Waals surface area contributed by atoms with Gasteiger partial charge < -0.3 is 5.32 Å².